The SMILES string of the molecule is Cc1ccccc1CN1CCCN(C2CNC2)CC1. The predicted molar refractivity (Wildman–Crippen MR) is 79.3 cm³/mol. The van der Waals surface area contributed by atoms with Crippen molar-refractivity contribution in [1.29, 1.82) is 0 Å². The van der Waals surface area contributed by atoms with Crippen molar-refractivity contribution in [3.8, 4) is 0 Å². The van der Waals surface area contributed by atoms with Gasteiger partial charge in [-0.3, -0.25) is 9.80 Å². The van der Waals surface area contributed by atoms with E-state index >= 15 is 0 Å². The molecule has 3 heteroatoms. The molecular formula is C16H25N3. The summed E-state index contributed by atoms with van der Waals surface area (Å²) in [5.74, 6) is 0. The zero-order valence-electron chi connectivity index (χ0n) is 11.9. The third kappa shape index (κ3) is 3.16. The van der Waals surface area contributed by atoms with E-state index in [-0.39, 0.29) is 0 Å². The van der Waals surface area contributed by atoms with Crippen molar-refractivity contribution in [3.63, 3.8) is 0 Å². The number of nitrogens with one attached hydrogen (secondary N) is 1. The van der Waals surface area contributed by atoms with Gasteiger partial charge in [0.15, 0.2) is 0 Å². The fourth-order valence-electron chi connectivity index (χ4n) is 3.07. The second-order valence-corrected chi connectivity index (χ2v) is 5.90. The molecule has 2 heterocycles. The molecule has 19 heavy (non-hydrogen) atoms. The Balaban J connectivity index is 1.56. The molecular weight excluding hydrogens is 234 g/mol. The van der Waals surface area contributed by atoms with Crippen molar-refractivity contribution in [2.24, 2.45) is 0 Å². The monoisotopic (exact) mass is 259 g/mol. The minimum Gasteiger partial charge on any atom is -0.314 e. The minimum atomic E-state index is 0.804. The van der Waals surface area contributed by atoms with Crippen molar-refractivity contribution in [2.75, 3.05) is 39.3 Å². The van der Waals surface area contributed by atoms with Gasteiger partial charge in [-0.1, -0.05) is 24.3 Å². The van der Waals surface area contributed by atoms with E-state index in [2.05, 4.69) is 46.3 Å². The van der Waals surface area contributed by atoms with E-state index in [1.54, 1.807) is 0 Å². The first kappa shape index (κ1) is 13.1. The molecule has 2 saturated heterocycles. The molecule has 0 amide bonds. The average molecular weight is 259 g/mol. The van der Waals surface area contributed by atoms with Crippen LogP contribution in [-0.2, 0) is 6.54 Å². The highest BCUT2D eigenvalue weighted by molar-refractivity contribution is 5.25. The molecule has 3 nitrogen and oxygen atoms in total. The Morgan fingerprint density at radius 2 is 1.95 bits per heavy atom. The molecule has 2 aliphatic rings. The molecule has 104 valence electrons. The van der Waals surface area contributed by atoms with Gasteiger partial charge in [0.25, 0.3) is 0 Å². The number of nitrogens with zero attached hydrogens (tertiary/aromatic N) is 2. The quantitative estimate of drug-likeness (QED) is 0.887. The van der Waals surface area contributed by atoms with Crippen LogP contribution in [0.4, 0.5) is 0 Å². The zero-order valence-corrected chi connectivity index (χ0v) is 11.9. The lowest BCUT2D eigenvalue weighted by Crippen LogP contribution is -2.57. The molecule has 0 atom stereocenters. The van der Waals surface area contributed by atoms with E-state index in [1.807, 2.05) is 0 Å². The summed E-state index contributed by atoms with van der Waals surface area (Å²) < 4.78 is 0. The number of hydrogen-bond donors (Lipinski definition) is 1. The van der Waals surface area contributed by atoms with Crippen molar-refractivity contribution < 1.29 is 0 Å². The van der Waals surface area contributed by atoms with Crippen molar-refractivity contribution in [1.82, 2.24) is 15.1 Å². The summed E-state index contributed by atoms with van der Waals surface area (Å²) in [6.45, 7) is 10.7. The molecule has 0 saturated carbocycles. The van der Waals surface area contributed by atoms with Crippen LogP contribution in [-0.4, -0.2) is 55.1 Å². The first-order valence-corrected chi connectivity index (χ1v) is 7.54. The number of hydrogen-bond acceptors (Lipinski definition) is 3. The lowest BCUT2D eigenvalue weighted by Gasteiger charge is -2.37. The van der Waals surface area contributed by atoms with Gasteiger partial charge in [0.05, 0.1) is 0 Å². The highest BCUT2D eigenvalue weighted by Crippen LogP contribution is 2.14. The molecule has 0 aromatic heterocycles. The average Bonchev–Trinajstić information content (AvgIpc) is 2.56. The van der Waals surface area contributed by atoms with Crippen LogP contribution in [0.5, 0.6) is 0 Å². The Kier molecular flexibility index (Phi) is 4.16. The fourth-order valence-corrected chi connectivity index (χ4v) is 3.07. The van der Waals surface area contributed by atoms with E-state index in [4.69, 9.17) is 0 Å². The summed E-state index contributed by atoms with van der Waals surface area (Å²) in [5, 5.41) is 3.38. The maximum Gasteiger partial charge on any atom is 0.0345 e. The standard InChI is InChI=1S/C16H25N3/c1-14-5-2-3-6-15(14)13-18-7-4-8-19(10-9-18)16-11-17-12-16/h2-3,5-6,16-17H,4,7-13H2,1H3. The van der Waals surface area contributed by atoms with Crippen LogP contribution in [0.1, 0.15) is 17.5 Å². The molecule has 0 bridgehead atoms. The van der Waals surface area contributed by atoms with Gasteiger partial charge < -0.3 is 5.32 Å². The molecule has 0 aliphatic carbocycles. The number of benzene rings is 1. The molecule has 1 N–H and O–H groups in total. The maximum absolute atomic E-state index is 3.38. The summed E-state index contributed by atoms with van der Waals surface area (Å²) in [4.78, 5) is 5.29. The van der Waals surface area contributed by atoms with Gasteiger partial charge in [0, 0.05) is 38.8 Å². The van der Waals surface area contributed by atoms with Gasteiger partial charge in [-0.25, -0.2) is 0 Å². The Labute approximate surface area is 116 Å². The van der Waals surface area contributed by atoms with Crippen molar-refractivity contribution >= 4 is 0 Å². The van der Waals surface area contributed by atoms with Gasteiger partial charge in [-0.15, -0.1) is 0 Å². The second kappa shape index (κ2) is 6.04. The summed E-state index contributed by atoms with van der Waals surface area (Å²) in [7, 11) is 0. The van der Waals surface area contributed by atoms with Crippen LogP contribution in [0.25, 0.3) is 0 Å². The molecule has 2 aliphatic heterocycles. The Bertz CT molecular complexity index is 414. The first-order valence-electron chi connectivity index (χ1n) is 7.54. The minimum absolute atomic E-state index is 0.804. The van der Waals surface area contributed by atoms with Gasteiger partial charge in [-0.2, -0.15) is 0 Å². The Morgan fingerprint density at radius 1 is 1.11 bits per heavy atom. The van der Waals surface area contributed by atoms with Gasteiger partial charge in [0.2, 0.25) is 0 Å². The molecule has 0 radical (unpaired) electrons. The van der Waals surface area contributed by atoms with Crippen molar-refractivity contribution in [2.45, 2.75) is 25.9 Å². The smallest absolute Gasteiger partial charge is 0.0345 e. The van der Waals surface area contributed by atoms with E-state index in [0.29, 0.717) is 0 Å². The topological polar surface area (TPSA) is 18.5 Å². The normalized spacial score (nSPS) is 23.0. The fraction of sp³-hybridized carbons (Fsp3) is 0.625. The van der Waals surface area contributed by atoms with Crippen LogP contribution in [0.15, 0.2) is 24.3 Å². The van der Waals surface area contributed by atoms with Gasteiger partial charge in [-0.05, 0) is 37.6 Å². The molecule has 0 unspecified atom stereocenters. The van der Waals surface area contributed by atoms with Gasteiger partial charge >= 0.3 is 0 Å². The van der Waals surface area contributed by atoms with Crippen molar-refractivity contribution in [3.05, 3.63) is 35.4 Å². The molecule has 1 aromatic carbocycles. The second-order valence-electron chi connectivity index (χ2n) is 5.90. The summed E-state index contributed by atoms with van der Waals surface area (Å²) >= 11 is 0. The van der Waals surface area contributed by atoms with Crippen LogP contribution in [0, 0.1) is 6.92 Å². The lowest BCUT2D eigenvalue weighted by molar-refractivity contribution is 0.148. The molecule has 2 fully saturated rings. The predicted octanol–water partition coefficient (Wildman–Crippen LogP) is 1.47. The molecule has 3 rings (SSSR count). The van der Waals surface area contributed by atoms with Crippen LogP contribution in [0.3, 0.4) is 0 Å². The van der Waals surface area contributed by atoms with E-state index in [0.717, 1.165) is 12.6 Å². The number of rotatable bonds is 3. The highest BCUT2D eigenvalue weighted by Gasteiger charge is 2.26. The third-order valence-electron chi connectivity index (χ3n) is 4.55. The summed E-state index contributed by atoms with van der Waals surface area (Å²) in [5.41, 5.74) is 2.91. The first-order chi connectivity index (χ1) is 9.33. The Morgan fingerprint density at radius 3 is 2.68 bits per heavy atom. The lowest BCUT2D eigenvalue weighted by atomic mass is 10.1. The van der Waals surface area contributed by atoms with Crippen LogP contribution in [0.2, 0.25) is 0 Å². The number of aryl methyl sites for hydroxylation is 1. The third-order valence-corrected chi connectivity index (χ3v) is 4.55. The van der Waals surface area contributed by atoms with E-state index in [1.165, 1.54) is 56.8 Å². The largest absolute Gasteiger partial charge is 0.314 e. The zero-order chi connectivity index (χ0) is 13.1. The van der Waals surface area contributed by atoms with Crippen LogP contribution < -0.4 is 5.32 Å². The molecule has 1 aromatic rings. The summed E-state index contributed by atoms with van der Waals surface area (Å²) in [6, 6.07) is 9.59. The Hall–Kier alpha value is -0.900. The van der Waals surface area contributed by atoms with Crippen LogP contribution >= 0.6 is 0 Å². The summed E-state index contributed by atoms with van der Waals surface area (Å²) in [6.07, 6.45) is 1.31. The van der Waals surface area contributed by atoms with E-state index in [9.17, 15) is 0 Å². The molecule has 0 spiro atoms. The van der Waals surface area contributed by atoms with E-state index < -0.39 is 0 Å². The van der Waals surface area contributed by atoms with Gasteiger partial charge in [0.1, 0.15) is 0 Å². The maximum atomic E-state index is 3.38. The highest BCUT2D eigenvalue weighted by atomic mass is 15.3.